The highest BCUT2D eigenvalue weighted by Gasteiger charge is 2.25. The van der Waals surface area contributed by atoms with Gasteiger partial charge in [0.15, 0.2) is 5.84 Å². The zero-order valence-corrected chi connectivity index (χ0v) is 11.9. The lowest BCUT2D eigenvalue weighted by Crippen LogP contribution is -2.50. The Bertz CT molecular complexity index is 603. The topological polar surface area (TPSA) is 117 Å². The number of carbonyl (C=O) groups is 2. The van der Waals surface area contributed by atoms with Gasteiger partial charge in [0.25, 0.3) is 0 Å². The van der Waals surface area contributed by atoms with Crippen molar-refractivity contribution >= 4 is 29.3 Å². The van der Waals surface area contributed by atoms with E-state index in [0.717, 1.165) is 5.56 Å². The summed E-state index contributed by atoms with van der Waals surface area (Å²) in [7, 11) is 0. The summed E-state index contributed by atoms with van der Waals surface area (Å²) in [4.78, 5) is 22.7. The Morgan fingerprint density at radius 1 is 1.52 bits per heavy atom. The van der Waals surface area contributed by atoms with Gasteiger partial charge in [-0.15, -0.1) is 0 Å². The van der Waals surface area contributed by atoms with Crippen LogP contribution in [0.4, 0.5) is 0 Å². The molecule has 112 valence electrons. The monoisotopic (exact) mass is 310 g/mol. The van der Waals surface area contributed by atoms with Crippen LogP contribution >= 0.6 is 11.6 Å². The summed E-state index contributed by atoms with van der Waals surface area (Å²) in [5.74, 6) is -0.601. The molecule has 1 aromatic rings. The molecule has 5 N–H and O–H groups in total. The number of benzene rings is 1. The van der Waals surface area contributed by atoms with Gasteiger partial charge in [-0.25, -0.2) is 0 Å². The second-order valence-corrected chi connectivity index (χ2v) is 5.08. The molecule has 2 amide bonds. The molecule has 2 rings (SSSR count). The first-order valence-electron chi connectivity index (χ1n) is 6.34. The molecule has 1 fully saturated rings. The van der Waals surface area contributed by atoms with Crippen LogP contribution in [0.1, 0.15) is 24.0 Å². The minimum absolute atomic E-state index is 0.0263. The summed E-state index contributed by atoms with van der Waals surface area (Å²) in [5.41, 5.74) is 6.76. The number of piperidine rings is 1. The highest BCUT2D eigenvalue weighted by molar-refractivity contribution is 6.31. The van der Waals surface area contributed by atoms with E-state index in [1.54, 1.807) is 18.2 Å². The van der Waals surface area contributed by atoms with Gasteiger partial charge in [0.2, 0.25) is 11.8 Å². The summed E-state index contributed by atoms with van der Waals surface area (Å²) >= 11 is 6.12. The molecular formula is C13H15ClN4O3. The Morgan fingerprint density at radius 2 is 2.29 bits per heavy atom. The number of halogens is 1. The molecule has 0 radical (unpaired) electrons. The Kier molecular flexibility index (Phi) is 4.77. The van der Waals surface area contributed by atoms with Crippen LogP contribution in [0.3, 0.4) is 0 Å². The highest BCUT2D eigenvalue weighted by Crippen LogP contribution is 2.18. The lowest BCUT2D eigenvalue weighted by molar-refractivity contribution is -0.134. The van der Waals surface area contributed by atoms with Crippen LogP contribution in [0.15, 0.2) is 23.4 Å². The molecule has 1 atom stereocenters. The highest BCUT2D eigenvalue weighted by atomic mass is 35.5. The standard InChI is InChI=1S/C13H15ClN4O3/c14-9-5-7(12(15)18-21)1-2-8(9)6-16-10-3-4-11(19)17-13(10)20/h1-2,5,10,16,21H,3-4,6H2,(H2,15,18)(H,17,19,20). The van der Waals surface area contributed by atoms with Gasteiger partial charge in [-0.3, -0.25) is 14.9 Å². The van der Waals surface area contributed by atoms with Crippen molar-refractivity contribution in [2.75, 3.05) is 0 Å². The number of nitrogens with two attached hydrogens (primary N) is 1. The number of amides is 2. The van der Waals surface area contributed by atoms with Crippen molar-refractivity contribution in [1.82, 2.24) is 10.6 Å². The molecule has 1 aliphatic heterocycles. The molecule has 1 aromatic carbocycles. The van der Waals surface area contributed by atoms with E-state index in [4.69, 9.17) is 22.5 Å². The van der Waals surface area contributed by atoms with Crippen molar-refractivity contribution in [3.8, 4) is 0 Å². The fourth-order valence-corrected chi connectivity index (χ4v) is 2.28. The lowest BCUT2D eigenvalue weighted by Gasteiger charge is -2.22. The predicted octanol–water partition coefficient (Wildman–Crippen LogP) is 0.329. The molecule has 1 unspecified atom stereocenters. The van der Waals surface area contributed by atoms with E-state index in [9.17, 15) is 9.59 Å². The Morgan fingerprint density at radius 3 is 2.90 bits per heavy atom. The third kappa shape index (κ3) is 3.71. The molecule has 7 nitrogen and oxygen atoms in total. The minimum atomic E-state index is -0.414. The third-order valence-corrected chi connectivity index (χ3v) is 3.59. The van der Waals surface area contributed by atoms with Crippen molar-refractivity contribution < 1.29 is 14.8 Å². The van der Waals surface area contributed by atoms with E-state index in [0.29, 0.717) is 30.0 Å². The van der Waals surface area contributed by atoms with Crippen LogP contribution in [-0.4, -0.2) is 28.9 Å². The summed E-state index contributed by atoms with van der Waals surface area (Å²) in [6, 6.07) is 4.57. The number of imide groups is 1. The number of amidine groups is 1. The van der Waals surface area contributed by atoms with E-state index in [-0.39, 0.29) is 17.6 Å². The number of oxime groups is 1. The van der Waals surface area contributed by atoms with Crippen LogP contribution in [0.25, 0.3) is 0 Å². The first-order valence-corrected chi connectivity index (χ1v) is 6.72. The summed E-state index contributed by atoms with van der Waals surface area (Å²) in [6.45, 7) is 0.377. The van der Waals surface area contributed by atoms with Gasteiger partial charge in [-0.1, -0.05) is 28.9 Å². The smallest absolute Gasteiger partial charge is 0.243 e. The fourth-order valence-electron chi connectivity index (χ4n) is 2.03. The van der Waals surface area contributed by atoms with E-state index >= 15 is 0 Å². The molecule has 1 heterocycles. The Labute approximate surface area is 126 Å². The largest absolute Gasteiger partial charge is 0.409 e. The summed E-state index contributed by atoms with van der Waals surface area (Å²) in [5, 5.41) is 17.3. The second kappa shape index (κ2) is 6.55. The molecular weight excluding hydrogens is 296 g/mol. The maximum absolute atomic E-state index is 11.6. The fraction of sp³-hybridized carbons (Fsp3) is 0.308. The maximum atomic E-state index is 11.6. The van der Waals surface area contributed by atoms with Crippen molar-refractivity contribution in [2.24, 2.45) is 10.9 Å². The Hall–Kier alpha value is -2.12. The van der Waals surface area contributed by atoms with Crippen LogP contribution < -0.4 is 16.4 Å². The molecule has 1 aliphatic rings. The van der Waals surface area contributed by atoms with Gasteiger partial charge in [-0.2, -0.15) is 0 Å². The van der Waals surface area contributed by atoms with Gasteiger partial charge < -0.3 is 16.3 Å². The normalized spacial score (nSPS) is 19.5. The van der Waals surface area contributed by atoms with E-state index < -0.39 is 6.04 Å². The van der Waals surface area contributed by atoms with Crippen molar-refractivity contribution in [1.29, 1.82) is 0 Å². The minimum Gasteiger partial charge on any atom is -0.409 e. The van der Waals surface area contributed by atoms with Gasteiger partial charge >= 0.3 is 0 Å². The van der Waals surface area contributed by atoms with Crippen molar-refractivity contribution in [3.63, 3.8) is 0 Å². The number of carbonyl (C=O) groups excluding carboxylic acids is 2. The quantitative estimate of drug-likeness (QED) is 0.210. The maximum Gasteiger partial charge on any atom is 0.243 e. The van der Waals surface area contributed by atoms with Gasteiger partial charge in [-0.05, 0) is 18.1 Å². The van der Waals surface area contributed by atoms with Gasteiger partial charge in [0, 0.05) is 23.6 Å². The molecule has 1 saturated heterocycles. The average Bonchev–Trinajstić information content (AvgIpc) is 2.46. The lowest BCUT2D eigenvalue weighted by atomic mass is 10.1. The average molecular weight is 311 g/mol. The Balaban J connectivity index is 2.00. The predicted molar refractivity (Wildman–Crippen MR) is 77.0 cm³/mol. The summed E-state index contributed by atoms with van der Waals surface area (Å²) < 4.78 is 0. The number of rotatable bonds is 4. The SMILES string of the molecule is N/C(=N/O)c1ccc(CNC2CCC(=O)NC2=O)c(Cl)c1. The molecule has 8 heteroatoms. The van der Waals surface area contributed by atoms with E-state index in [1.807, 2.05) is 0 Å². The van der Waals surface area contributed by atoms with Crippen molar-refractivity contribution in [3.05, 3.63) is 34.3 Å². The van der Waals surface area contributed by atoms with Crippen molar-refractivity contribution in [2.45, 2.75) is 25.4 Å². The van der Waals surface area contributed by atoms with E-state index in [2.05, 4.69) is 15.8 Å². The first kappa shape index (κ1) is 15.3. The third-order valence-electron chi connectivity index (χ3n) is 3.23. The number of hydrogen-bond acceptors (Lipinski definition) is 5. The molecule has 0 saturated carbocycles. The van der Waals surface area contributed by atoms with Gasteiger partial charge in [0.1, 0.15) is 0 Å². The van der Waals surface area contributed by atoms with Crippen LogP contribution in [0.2, 0.25) is 5.02 Å². The molecule has 0 aromatic heterocycles. The summed E-state index contributed by atoms with van der Waals surface area (Å²) in [6.07, 6.45) is 0.782. The second-order valence-electron chi connectivity index (χ2n) is 4.68. The van der Waals surface area contributed by atoms with Crippen LogP contribution in [0, 0.1) is 0 Å². The zero-order chi connectivity index (χ0) is 15.4. The number of nitrogens with one attached hydrogen (secondary N) is 2. The van der Waals surface area contributed by atoms with Gasteiger partial charge in [0.05, 0.1) is 6.04 Å². The van der Waals surface area contributed by atoms with E-state index in [1.165, 1.54) is 0 Å². The number of nitrogens with zero attached hydrogens (tertiary/aromatic N) is 1. The van der Waals surface area contributed by atoms with Crippen LogP contribution in [0.5, 0.6) is 0 Å². The number of hydrogen-bond donors (Lipinski definition) is 4. The first-order chi connectivity index (χ1) is 10.0. The molecule has 0 aliphatic carbocycles. The molecule has 0 spiro atoms. The molecule has 21 heavy (non-hydrogen) atoms. The molecule has 0 bridgehead atoms. The van der Waals surface area contributed by atoms with Crippen LogP contribution in [-0.2, 0) is 16.1 Å². The zero-order valence-electron chi connectivity index (χ0n) is 11.1.